The Morgan fingerprint density at radius 2 is 1.82 bits per heavy atom. The van der Waals surface area contributed by atoms with Crippen molar-refractivity contribution in [1.29, 1.82) is 0 Å². The molecule has 0 saturated heterocycles. The molecule has 12 heteroatoms. The average molecular weight is 557 g/mol. The molecule has 3 aromatic heterocycles. The van der Waals surface area contributed by atoms with Crippen LogP contribution in [0.2, 0.25) is 0 Å². The second-order valence-electron chi connectivity index (χ2n) is 10.5. The third kappa shape index (κ3) is 5.34. The van der Waals surface area contributed by atoms with Crippen LogP contribution in [0.4, 0.5) is 23.4 Å². The molecule has 0 radical (unpaired) electrons. The first-order valence-corrected chi connectivity index (χ1v) is 13.0. The molecule has 0 aliphatic heterocycles. The molecule has 1 atom stereocenters. The van der Waals surface area contributed by atoms with Gasteiger partial charge in [-0.3, -0.25) is 0 Å². The Hall–Kier alpha value is -4.09. The number of fused-ring (bicyclic) bond motifs is 1. The summed E-state index contributed by atoms with van der Waals surface area (Å²) in [5.74, 6) is -1.52. The zero-order chi connectivity index (χ0) is 28.8. The maximum absolute atomic E-state index is 14.5. The van der Waals surface area contributed by atoms with Gasteiger partial charge < -0.3 is 15.0 Å². The number of nitrogens with one attached hydrogen (secondary N) is 1. The van der Waals surface area contributed by atoms with Gasteiger partial charge in [-0.05, 0) is 60.9 Å². The Kier molecular flexibility index (Phi) is 7.19. The topological polar surface area (TPSA) is 106 Å². The molecule has 3 heterocycles. The minimum atomic E-state index is -4.48. The smallest absolute Gasteiger partial charge is 0.416 e. The van der Waals surface area contributed by atoms with E-state index in [0.717, 1.165) is 37.6 Å². The van der Waals surface area contributed by atoms with E-state index in [2.05, 4.69) is 25.3 Å². The van der Waals surface area contributed by atoms with E-state index in [9.17, 15) is 27.5 Å². The van der Waals surface area contributed by atoms with Crippen molar-refractivity contribution in [3.05, 3.63) is 64.9 Å². The summed E-state index contributed by atoms with van der Waals surface area (Å²) in [4.78, 5) is 29.2. The summed E-state index contributed by atoms with van der Waals surface area (Å²) in [6, 6.07) is 6.28. The van der Waals surface area contributed by atoms with Crippen LogP contribution < -0.4 is 5.32 Å². The first-order valence-electron chi connectivity index (χ1n) is 13.0. The van der Waals surface area contributed by atoms with Crippen LogP contribution >= 0.6 is 0 Å². The fraction of sp³-hybridized carbons (Fsp3) is 0.393. The number of hydrogen-bond donors (Lipinski definition) is 2. The molecule has 5 rings (SSSR count). The van der Waals surface area contributed by atoms with E-state index in [-0.39, 0.29) is 35.8 Å². The SMILES string of the molecule is CC(C)c1cc(-c2nc3nc(C(=O)O)nc(N[C@H](C)C4CCC4)c3n2Cc2ccc(C(F)(F)F)cc2)ncc1F. The predicted octanol–water partition coefficient (Wildman–Crippen LogP) is 6.52. The Morgan fingerprint density at radius 1 is 1.12 bits per heavy atom. The van der Waals surface area contributed by atoms with Crippen molar-refractivity contribution >= 4 is 23.0 Å². The standard InChI is InChI=1S/C28H28F4N6O2/c1-14(2)19-11-21(33-12-20(19)29)26-37-24-22(38(26)13-16-7-9-18(10-8-16)28(30,31)32)23(35-25(36-24)27(39)40)34-15(3)17-5-4-6-17/h7-12,14-15,17H,4-6,13H2,1-3H3,(H,39,40)(H,34,35,36)/t15-/m1/s1. The Balaban J connectivity index is 1.71. The van der Waals surface area contributed by atoms with Crippen molar-refractivity contribution in [2.75, 3.05) is 5.32 Å². The highest BCUT2D eigenvalue weighted by Gasteiger charge is 2.31. The lowest BCUT2D eigenvalue weighted by atomic mass is 9.80. The van der Waals surface area contributed by atoms with Gasteiger partial charge in [0.15, 0.2) is 17.3 Å². The van der Waals surface area contributed by atoms with Gasteiger partial charge in [0.1, 0.15) is 17.0 Å². The molecule has 1 aromatic carbocycles. The highest BCUT2D eigenvalue weighted by molar-refractivity contribution is 5.92. The number of aromatic nitrogens is 5. The van der Waals surface area contributed by atoms with E-state index < -0.39 is 29.4 Å². The fourth-order valence-electron chi connectivity index (χ4n) is 4.86. The number of carbonyl (C=O) groups is 1. The van der Waals surface area contributed by atoms with Gasteiger partial charge in [-0.25, -0.2) is 29.1 Å². The number of carboxylic acid groups (broad SMARTS) is 1. The number of hydrogen-bond acceptors (Lipinski definition) is 6. The minimum Gasteiger partial charge on any atom is -0.475 e. The summed E-state index contributed by atoms with van der Waals surface area (Å²) >= 11 is 0. The summed E-state index contributed by atoms with van der Waals surface area (Å²) in [6.07, 6.45) is -0.213. The molecule has 1 saturated carbocycles. The molecular formula is C28H28F4N6O2. The summed E-state index contributed by atoms with van der Waals surface area (Å²) in [5.41, 5.74) is 0.926. The molecular weight excluding hydrogens is 528 g/mol. The summed E-state index contributed by atoms with van der Waals surface area (Å²) in [6.45, 7) is 5.72. The van der Waals surface area contributed by atoms with E-state index >= 15 is 0 Å². The highest BCUT2D eigenvalue weighted by atomic mass is 19.4. The molecule has 8 nitrogen and oxygen atoms in total. The van der Waals surface area contributed by atoms with Crippen molar-refractivity contribution in [3.8, 4) is 11.5 Å². The van der Waals surface area contributed by atoms with E-state index in [1.54, 1.807) is 10.6 Å². The van der Waals surface area contributed by atoms with Crippen molar-refractivity contribution in [2.24, 2.45) is 5.92 Å². The number of imidazole rings is 1. The third-order valence-electron chi connectivity index (χ3n) is 7.37. The second kappa shape index (κ2) is 10.5. The van der Waals surface area contributed by atoms with Crippen molar-refractivity contribution in [3.63, 3.8) is 0 Å². The lowest BCUT2D eigenvalue weighted by molar-refractivity contribution is -0.137. The normalized spacial score (nSPS) is 14.9. The Morgan fingerprint density at radius 3 is 2.40 bits per heavy atom. The van der Waals surface area contributed by atoms with Gasteiger partial charge in [-0.15, -0.1) is 0 Å². The second-order valence-corrected chi connectivity index (χ2v) is 10.5. The van der Waals surface area contributed by atoms with Crippen LogP contribution in [0, 0.1) is 11.7 Å². The van der Waals surface area contributed by atoms with Crippen molar-refractivity contribution in [1.82, 2.24) is 24.5 Å². The maximum Gasteiger partial charge on any atom is 0.416 e. The highest BCUT2D eigenvalue weighted by Crippen LogP contribution is 2.35. The van der Waals surface area contributed by atoms with Gasteiger partial charge >= 0.3 is 12.1 Å². The zero-order valence-electron chi connectivity index (χ0n) is 22.1. The van der Waals surface area contributed by atoms with Crippen LogP contribution in [0.3, 0.4) is 0 Å². The molecule has 210 valence electrons. The minimum absolute atomic E-state index is 0.0251. The molecule has 0 amide bonds. The maximum atomic E-state index is 14.5. The van der Waals surface area contributed by atoms with Gasteiger partial charge in [0.05, 0.1) is 11.8 Å². The van der Waals surface area contributed by atoms with E-state index in [1.165, 1.54) is 12.1 Å². The zero-order valence-corrected chi connectivity index (χ0v) is 22.1. The third-order valence-corrected chi connectivity index (χ3v) is 7.37. The molecule has 0 unspecified atom stereocenters. The monoisotopic (exact) mass is 556 g/mol. The van der Waals surface area contributed by atoms with Gasteiger partial charge in [0.2, 0.25) is 5.82 Å². The first kappa shape index (κ1) is 27.5. The van der Waals surface area contributed by atoms with Crippen molar-refractivity contribution in [2.45, 2.75) is 64.7 Å². The number of nitrogens with zero attached hydrogens (tertiary/aromatic N) is 5. The summed E-state index contributed by atoms with van der Waals surface area (Å²) in [5, 5.41) is 13.0. The molecule has 4 aromatic rings. The van der Waals surface area contributed by atoms with Crippen LogP contribution in [0.1, 0.15) is 73.3 Å². The summed E-state index contributed by atoms with van der Waals surface area (Å²) < 4.78 is 55.7. The molecule has 1 aliphatic carbocycles. The van der Waals surface area contributed by atoms with Crippen LogP contribution in [0.5, 0.6) is 0 Å². The van der Waals surface area contributed by atoms with E-state index in [1.807, 2.05) is 20.8 Å². The van der Waals surface area contributed by atoms with Gasteiger partial charge in [-0.1, -0.05) is 32.4 Å². The molecule has 1 aliphatic rings. The number of anilines is 1. The van der Waals surface area contributed by atoms with E-state index in [0.29, 0.717) is 28.3 Å². The van der Waals surface area contributed by atoms with Crippen LogP contribution in [-0.2, 0) is 12.7 Å². The van der Waals surface area contributed by atoms with Gasteiger partial charge in [0.25, 0.3) is 0 Å². The largest absolute Gasteiger partial charge is 0.475 e. The number of carboxylic acids is 1. The summed E-state index contributed by atoms with van der Waals surface area (Å²) in [7, 11) is 0. The van der Waals surface area contributed by atoms with Crippen molar-refractivity contribution < 1.29 is 27.5 Å². The Bertz CT molecular complexity index is 1560. The quantitative estimate of drug-likeness (QED) is 0.238. The molecule has 0 bridgehead atoms. The van der Waals surface area contributed by atoms with Crippen LogP contribution in [0.15, 0.2) is 36.5 Å². The number of halogens is 4. The molecule has 40 heavy (non-hydrogen) atoms. The molecule has 1 fully saturated rings. The predicted molar refractivity (Wildman–Crippen MR) is 141 cm³/mol. The van der Waals surface area contributed by atoms with Crippen LogP contribution in [-0.4, -0.2) is 41.6 Å². The fourth-order valence-corrected chi connectivity index (χ4v) is 4.86. The number of pyridine rings is 1. The number of alkyl halides is 3. The lowest BCUT2D eigenvalue weighted by Crippen LogP contribution is -2.31. The average Bonchev–Trinajstić information content (AvgIpc) is 3.21. The molecule has 2 N–H and O–H groups in total. The van der Waals surface area contributed by atoms with Crippen LogP contribution in [0.25, 0.3) is 22.7 Å². The number of aromatic carboxylic acids is 1. The van der Waals surface area contributed by atoms with Gasteiger partial charge in [0, 0.05) is 12.6 Å². The first-order chi connectivity index (χ1) is 18.9. The van der Waals surface area contributed by atoms with E-state index in [4.69, 9.17) is 0 Å². The van der Waals surface area contributed by atoms with Gasteiger partial charge in [-0.2, -0.15) is 13.2 Å². The lowest BCUT2D eigenvalue weighted by Gasteiger charge is -2.32. The molecule has 0 spiro atoms. The Labute approximate surface area is 227 Å². The number of benzene rings is 1. The number of rotatable bonds is 8.